The molecule has 26 heavy (non-hydrogen) atoms. The summed E-state index contributed by atoms with van der Waals surface area (Å²) in [5.41, 5.74) is 8.00. The highest BCUT2D eigenvalue weighted by molar-refractivity contribution is 5.92. The third-order valence-electron chi connectivity index (χ3n) is 8.76. The van der Waals surface area contributed by atoms with Crippen LogP contribution in [0.5, 0.6) is 0 Å². The Hall–Kier alpha value is -1.89. The SMILES string of the molecule is CC1CC2=C3C4CCC2(C4)C2Cc4cc5cc(ccc5cc4CC2=O)C31. The number of hydrogen-bond donors (Lipinski definition) is 0. The summed E-state index contributed by atoms with van der Waals surface area (Å²) in [4.78, 5) is 13.3. The van der Waals surface area contributed by atoms with E-state index in [1.54, 1.807) is 11.1 Å². The Kier molecular flexibility index (Phi) is 2.36. The van der Waals surface area contributed by atoms with Crippen LogP contribution in [0.15, 0.2) is 41.5 Å². The van der Waals surface area contributed by atoms with Crippen molar-refractivity contribution in [2.45, 2.75) is 51.4 Å². The van der Waals surface area contributed by atoms with Crippen LogP contribution < -0.4 is 0 Å². The number of carbonyl (C=O) groups excluding carboxylic acids is 1. The molecule has 0 radical (unpaired) electrons. The van der Waals surface area contributed by atoms with E-state index in [2.05, 4.69) is 37.3 Å². The lowest BCUT2D eigenvalue weighted by molar-refractivity contribution is -0.126. The van der Waals surface area contributed by atoms with Crippen LogP contribution in [0.3, 0.4) is 0 Å². The summed E-state index contributed by atoms with van der Waals surface area (Å²) in [6.07, 6.45) is 6.73. The number of Topliss-reactive ketones (excluding diaryl/α,β-unsaturated/α-hetero) is 1. The summed E-state index contributed by atoms with van der Waals surface area (Å²) in [5.74, 6) is 2.81. The molecule has 2 aromatic rings. The van der Waals surface area contributed by atoms with Crippen LogP contribution in [0.2, 0.25) is 0 Å². The minimum absolute atomic E-state index is 0.212. The van der Waals surface area contributed by atoms with Crippen LogP contribution in [-0.4, -0.2) is 5.78 Å². The number of carbonyl (C=O) groups is 1. The van der Waals surface area contributed by atoms with Crippen molar-refractivity contribution >= 4 is 16.6 Å². The van der Waals surface area contributed by atoms with Crippen molar-refractivity contribution in [3.8, 4) is 0 Å². The average Bonchev–Trinajstić information content (AvgIpc) is 3.28. The Morgan fingerprint density at radius 3 is 2.85 bits per heavy atom. The van der Waals surface area contributed by atoms with Crippen LogP contribution in [0.25, 0.3) is 10.8 Å². The summed E-state index contributed by atoms with van der Waals surface area (Å²) >= 11 is 0. The number of benzene rings is 2. The second-order valence-electron chi connectivity index (χ2n) is 9.82. The topological polar surface area (TPSA) is 17.1 Å². The summed E-state index contributed by atoms with van der Waals surface area (Å²) in [7, 11) is 0. The molecule has 2 aromatic carbocycles. The van der Waals surface area contributed by atoms with Crippen LogP contribution in [-0.2, 0) is 17.6 Å². The zero-order chi connectivity index (χ0) is 17.2. The van der Waals surface area contributed by atoms with E-state index < -0.39 is 0 Å². The standard InChI is InChI=1S/C25H24O/c1-13-6-21-24-16-4-5-25(21,12-16)20-10-18-9-17-8-15(23(13)24)3-2-14(17)7-19(18)11-22(20)26/h2-3,7-9,13,16,20,23H,4-6,10-12H2,1H3. The van der Waals surface area contributed by atoms with E-state index in [1.807, 2.05) is 0 Å². The van der Waals surface area contributed by atoms with E-state index in [4.69, 9.17) is 0 Å². The molecule has 1 fully saturated rings. The van der Waals surface area contributed by atoms with Crippen molar-refractivity contribution < 1.29 is 4.79 Å². The Morgan fingerprint density at radius 2 is 1.92 bits per heavy atom. The van der Waals surface area contributed by atoms with Gasteiger partial charge in [-0.25, -0.2) is 0 Å². The third kappa shape index (κ3) is 1.46. The largest absolute Gasteiger partial charge is 0.299 e. The number of rotatable bonds is 0. The highest BCUT2D eigenvalue weighted by Gasteiger charge is 2.60. The second kappa shape index (κ2) is 4.32. The lowest BCUT2D eigenvalue weighted by atomic mass is 9.62. The van der Waals surface area contributed by atoms with Gasteiger partial charge in [-0.1, -0.05) is 48.4 Å². The maximum absolute atomic E-state index is 13.3. The van der Waals surface area contributed by atoms with Gasteiger partial charge in [-0.05, 0) is 71.4 Å². The molecule has 7 rings (SSSR count). The van der Waals surface area contributed by atoms with Crippen molar-refractivity contribution in [2.75, 3.05) is 0 Å². The highest BCUT2D eigenvalue weighted by atomic mass is 16.1. The van der Waals surface area contributed by atoms with Gasteiger partial charge in [-0.2, -0.15) is 0 Å². The predicted octanol–water partition coefficient (Wildman–Crippen LogP) is 5.36. The van der Waals surface area contributed by atoms with Gasteiger partial charge in [-0.3, -0.25) is 4.79 Å². The molecule has 0 saturated heterocycles. The van der Waals surface area contributed by atoms with E-state index >= 15 is 0 Å². The fraction of sp³-hybridized carbons (Fsp3) is 0.480. The highest BCUT2D eigenvalue weighted by Crippen LogP contribution is 2.69. The Bertz CT molecular complexity index is 1060. The van der Waals surface area contributed by atoms with Crippen molar-refractivity contribution in [3.63, 3.8) is 0 Å². The summed E-state index contributed by atoms with van der Waals surface area (Å²) in [5, 5.41) is 2.70. The minimum Gasteiger partial charge on any atom is -0.299 e. The first-order valence-electron chi connectivity index (χ1n) is 10.5. The van der Waals surface area contributed by atoms with E-state index in [0.29, 0.717) is 24.0 Å². The van der Waals surface area contributed by atoms with Crippen molar-refractivity contribution in [3.05, 3.63) is 58.2 Å². The third-order valence-corrected chi connectivity index (χ3v) is 8.76. The maximum atomic E-state index is 13.3. The van der Waals surface area contributed by atoms with Crippen LogP contribution in [0, 0.1) is 23.2 Å². The number of fused-ring (bicyclic) bond motifs is 4. The van der Waals surface area contributed by atoms with Gasteiger partial charge in [0.25, 0.3) is 0 Å². The summed E-state index contributed by atoms with van der Waals surface area (Å²) < 4.78 is 0. The van der Waals surface area contributed by atoms with Crippen LogP contribution in [0.1, 0.15) is 55.2 Å². The van der Waals surface area contributed by atoms with Crippen molar-refractivity contribution in [1.29, 1.82) is 0 Å². The van der Waals surface area contributed by atoms with Gasteiger partial charge in [-0.15, -0.1) is 0 Å². The van der Waals surface area contributed by atoms with Crippen molar-refractivity contribution in [1.82, 2.24) is 0 Å². The smallest absolute Gasteiger partial charge is 0.141 e. The van der Waals surface area contributed by atoms with Gasteiger partial charge < -0.3 is 0 Å². The zero-order valence-electron chi connectivity index (χ0n) is 15.3. The molecule has 130 valence electrons. The molecule has 5 atom stereocenters. The number of allylic oxidation sites excluding steroid dienone is 2. The summed E-state index contributed by atoms with van der Waals surface area (Å²) in [6.45, 7) is 2.45. The monoisotopic (exact) mass is 340 g/mol. The maximum Gasteiger partial charge on any atom is 0.141 e. The lowest BCUT2D eigenvalue weighted by Crippen LogP contribution is -2.39. The van der Waals surface area contributed by atoms with Gasteiger partial charge in [0.05, 0.1) is 0 Å². The molecule has 0 aromatic heterocycles. The van der Waals surface area contributed by atoms with E-state index in [1.165, 1.54) is 53.1 Å². The first kappa shape index (κ1) is 14.2. The van der Waals surface area contributed by atoms with Gasteiger partial charge in [0.2, 0.25) is 0 Å². The molecule has 0 aliphatic heterocycles. The molecule has 9 bridgehead atoms. The molecule has 5 unspecified atom stereocenters. The lowest BCUT2D eigenvalue weighted by Gasteiger charge is -2.40. The van der Waals surface area contributed by atoms with Gasteiger partial charge in [0.1, 0.15) is 5.78 Å². The first-order chi connectivity index (χ1) is 12.6. The zero-order valence-corrected chi connectivity index (χ0v) is 15.3. The van der Waals surface area contributed by atoms with Gasteiger partial charge in [0.15, 0.2) is 0 Å². The molecule has 5 aliphatic carbocycles. The molecule has 1 saturated carbocycles. The van der Waals surface area contributed by atoms with Gasteiger partial charge in [0, 0.05) is 23.7 Å². The van der Waals surface area contributed by atoms with E-state index in [9.17, 15) is 4.79 Å². The molecule has 0 N–H and O–H groups in total. The average molecular weight is 340 g/mol. The van der Waals surface area contributed by atoms with E-state index in [0.717, 1.165) is 12.3 Å². The quantitative estimate of drug-likeness (QED) is 0.590. The second-order valence-corrected chi connectivity index (χ2v) is 9.82. The first-order valence-corrected chi connectivity index (χ1v) is 10.5. The fourth-order valence-electron chi connectivity index (χ4n) is 7.80. The van der Waals surface area contributed by atoms with Crippen LogP contribution >= 0.6 is 0 Å². The molecule has 0 amide bonds. The Labute approximate surface area is 154 Å². The Balaban J connectivity index is 1.61. The molecule has 1 nitrogen and oxygen atoms in total. The minimum atomic E-state index is 0.212. The molecule has 1 spiro atoms. The Morgan fingerprint density at radius 1 is 1.04 bits per heavy atom. The van der Waals surface area contributed by atoms with E-state index in [-0.39, 0.29) is 11.3 Å². The normalized spacial score (nSPS) is 38.9. The molecular weight excluding hydrogens is 316 g/mol. The molecule has 0 heterocycles. The predicted molar refractivity (Wildman–Crippen MR) is 103 cm³/mol. The molecule has 1 heteroatoms. The van der Waals surface area contributed by atoms with Crippen LogP contribution in [0.4, 0.5) is 0 Å². The number of ketones is 1. The number of hydrogen-bond acceptors (Lipinski definition) is 1. The van der Waals surface area contributed by atoms with Gasteiger partial charge >= 0.3 is 0 Å². The fourth-order valence-corrected chi connectivity index (χ4v) is 7.80. The summed E-state index contributed by atoms with van der Waals surface area (Å²) in [6, 6.07) is 11.9. The van der Waals surface area contributed by atoms with Crippen molar-refractivity contribution in [2.24, 2.45) is 23.2 Å². The molecular formula is C25H24O. The molecule has 5 aliphatic rings.